The van der Waals surface area contributed by atoms with Crippen molar-refractivity contribution < 1.29 is 14.4 Å². The monoisotopic (exact) mass is 286 g/mol. The molecule has 2 aromatic carbocycles. The van der Waals surface area contributed by atoms with Crippen molar-refractivity contribution in [1.82, 2.24) is 0 Å². The molecule has 2 aromatic rings. The normalized spacial score (nSPS) is 10.6. The maximum Gasteiger partial charge on any atom is 0.269 e. The van der Waals surface area contributed by atoms with Gasteiger partial charge in [0.1, 0.15) is 17.2 Å². The molecule has 0 saturated carbocycles. The van der Waals surface area contributed by atoms with Crippen LogP contribution in [0.15, 0.2) is 47.5 Å². The molecule has 6 heteroatoms. The van der Waals surface area contributed by atoms with Crippen LogP contribution < -0.4 is 9.47 Å². The molecule has 0 aliphatic heterocycles. The first kappa shape index (κ1) is 14.5. The van der Waals surface area contributed by atoms with Crippen molar-refractivity contribution in [2.24, 2.45) is 4.99 Å². The molecule has 0 amide bonds. The van der Waals surface area contributed by atoms with Gasteiger partial charge in [-0.3, -0.25) is 15.1 Å². The Balaban J connectivity index is 2.22. The number of aliphatic imine (C=N–C) groups is 1. The van der Waals surface area contributed by atoms with Gasteiger partial charge in [0.05, 0.1) is 19.1 Å². The number of nitrogens with zero attached hydrogens (tertiary/aromatic N) is 2. The average molecular weight is 286 g/mol. The van der Waals surface area contributed by atoms with Crippen molar-refractivity contribution >= 4 is 17.6 Å². The highest BCUT2D eigenvalue weighted by Gasteiger charge is 2.04. The number of ether oxygens (including phenoxy) is 2. The van der Waals surface area contributed by atoms with Crippen LogP contribution in [0.1, 0.15) is 5.56 Å². The van der Waals surface area contributed by atoms with Gasteiger partial charge in [0, 0.05) is 24.4 Å². The van der Waals surface area contributed by atoms with E-state index >= 15 is 0 Å². The maximum absolute atomic E-state index is 10.6. The van der Waals surface area contributed by atoms with E-state index in [2.05, 4.69) is 4.99 Å². The van der Waals surface area contributed by atoms with Crippen LogP contribution in [0.3, 0.4) is 0 Å². The molecule has 0 bridgehead atoms. The standard InChI is InChI=1S/C15H14N2O4/c1-20-13-7-8-14(15(9-13)21-2)16-10-11-3-5-12(6-4-11)17(18)19/h3-10H,1-2H3. The number of rotatable bonds is 5. The van der Waals surface area contributed by atoms with Gasteiger partial charge in [-0.1, -0.05) is 0 Å². The van der Waals surface area contributed by atoms with Gasteiger partial charge in [-0.15, -0.1) is 0 Å². The summed E-state index contributed by atoms with van der Waals surface area (Å²) in [4.78, 5) is 14.5. The van der Waals surface area contributed by atoms with Gasteiger partial charge in [-0.05, 0) is 29.8 Å². The van der Waals surface area contributed by atoms with Crippen LogP contribution in [0, 0.1) is 10.1 Å². The highest BCUT2D eigenvalue weighted by Crippen LogP contribution is 2.31. The van der Waals surface area contributed by atoms with Gasteiger partial charge in [-0.2, -0.15) is 0 Å². The second kappa shape index (κ2) is 6.51. The van der Waals surface area contributed by atoms with Crippen LogP contribution in [0.4, 0.5) is 11.4 Å². The van der Waals surface area contributed by atoms with Gasteiger partial charge in [-0.25, -0.2) is 0 Å². The van der Waals surface area contributed by atoms with Gasteiger partial charge in [0.15, 0.2) is 0 Å². The molecule has 0 N–H and O–H groups in total. The van der Waals surface area contributed by atoms with Crippen LogP contribution in [-0.4, -0.2) is 25.4 Å². The van der Waals surface area contributed by atoms with Gasteiger partial charge in [0.25, 0.3) is 5.69 Å². The third kappa shape index (κ3) is 3.56. The number of nitro groups is 1. The molecule has 0 fully saturated rings. The molecule has 0 unspecified atom stereocenters. The molecular formula is C15H14N2O4. The van der Waals surface area contributed by atoms with Crippen molar-refractivity contribution in [3.8, 4) is 11.5 Å². The van der Waals surface area contributed by atoms with Crippen molar-refractivity contribution in [2.45, 2.75) is 0 Å². The van der Waals surface area contributed by atoms with Crippen LogP contribution in [0.25, 0.3) is 0 Å². The highest BCUT2D eigenvalue weighted by molar-refractivity contribution is 5.83. The van der Waals surface area contributed by atoms with Crippen molar-refractivity contribution in [2.75, 3.05) is 14.2 Å². The van der Waals surface area contributed by atoms with E-state index in [4.69, 9.17) is 9.47 Å². The van der Waals surface area contributed by atoms with Gasteiger partial charge >= 0.3 is 0 Å². The van der Waals surface area contributed by atoms with Crippen LogP contribution in [0.5, 0.6) is 11.5 Å². The number of hydrogen-bond donors (Lipinski definition) is 0. The zero-order chi connectivity index (χ0) is 15.2. The number of non-ortho nitro benzene ring substituents is 1. The number of hydrogen-bond acceptors (Lipinski definition) is 5. The first-order valence-electron chi connectivity index (χ1n) is 6.14. The lowest BCUT2D eigenvalue weighted by Gasteiger charge is -2.06. The molecule has 0 heterocycles. The Morgan fingerprint density at radius 1 is 1.10 bits per heavy atom. The predicted octanol–water partition coefficient (Wildman–Crippen LogP) is 3.36. The van der Waals surface area contributed by atoms with E-state index in [1.807, 2.05) is 0 Å². The summed E-state index contributed by atoms with van der Waals surface area (Å²) >= 11 is 0. The second-order valence-corrected chi connectivity index (χ2v) is 4.14. The molecule has 108 valence electrons. The minimum absolute atomic E-state index is 0.0502. The third-order valence-electron chi connectivity index (χ3n) is 2.84. The summed E-state index contributed by atoms with van der Waals surface area (Å²) in [6.07, 6.45) is 1.62. The zero-order valence-corrected chi connectivity index (χ0v) is 11.6. The maximum atomic E-state index is 10.6. The molecule has 0 aliphatic rings. The quantitative estimate of drug-likeness (QED) is 0.480. The van der Waals surface area contributed by atoms with Crippen molar-refractivity contribution in [3.63, 3.8) is 0 Å². The first-order chi connectivity index (χ1) is 10.1. The van der Waals surface area contributed by atoms with Crippen LogP contribution >= 0.6 is 0 Å². The van der Waals surface area contributed by atoms with E-state index in [1.165, 1.54) is 12.1 Å². The summed E-state index contributed by atoms with van der Waals surface area (Å²) in [7, 11) is 3.13. The summed E-state index contributed by atoms with van der Waals surface area (Å²) < 4.78 is 10.4. The first-order valence-corrected chi connectivity index (χ1v) is 6.14. The fraction of sp³-hybridized carbons (Fsp3) is 0.133. The predicted molar refractivity (Wildman–Crippen MR) is 79.9 cm³/mol. The summed E-state index contributed by atoms with van der Waals surface area (Å²) in [5, 5.41) is 10.6. The Hall–Kier alpha value is -2.89. The highest BCUT2D eigenvalue weighted by atomic mass is 16.6. The zero-order valence-electron chi connectivity index (χ0n) is 11.6. The second-order valence-electron chi connectivity index (χ2n) is 4.14. The van der Waals surface area contributed by atoms with Crippen molar-refractivity contribution in [3.05, 3.63) is 58.1 Å². The van der Waals surface area contributed by atoms with E-state index in [0.29, 0.717) is 17.2 Å². The smallest absolute Gasteiger partial charge is 0.269 e. The van der Waals surface area contributed by atoms with Gasteiger partial charge < -0.3 is 9.47 Å². The average Bonchev–Trinajstić information content (AvgIpc) is 2.53. The largest absolute Gasteiger partial charge is 0.497 e. The molecule has 6 nitrogen and oxygen atoms in total. The molecule has 21 heavy (non-hydrogen) atoms. The molecule has 2 rings (SSSR count). The van der Waals surface area contributed by atoms with E-state index in [9.17, 15) is 10.1 Å². The Kier molecular flexibility index (Phi) is 4.50. The molecule has 0 aliphatic carbocycles. The Labute approximate surface area is 121 Å². The number of benzene rings is 2. The van der Waals surface area contributed by atoms with E-state index < -0.39 is 4.92 Å². The molecule has 0 aromatic heterocycles. The number of methoxy groups -OCH3 is 2. The summed E-state index contributed by atoms with van der Waals surface area (Å²) in [6, 6.07) is 11.4. The minimum atomic E-state index is -0.437. The fourth-order valence-electron chi connectivity index (χ4n) is 1.72. The van der Waals surface area contributed by atoms with Crippen LogP contribution in [-0.2, 0) is 0 Å². The Bertz CT molecular complexity index is 666. The summed E-state index contributed by atoms with van der Waals surface area (Å²) in [5.41, 5.74) is 1.46. The summed E-state index contributed by atoms with van der Waals surface area (Å²) in [5.74, 6) is 1.27. The molecule has 0 spiro atoms. The van der Waals surface area contributed by atoms with Crippen LogP contribution in [0.2, 0.25) is 0 Å². The Morgan fingerprint density at radius 3 is 2.38 bits per heavy atom. The lowest BCUT2D eigenvalue weighted by molar-refractivity contribution is -0.384. The minimum Gasteiger partial charge on any atom is -0.497 e. The van der Waals surface area contributed by atoms with Crippen molar-refractivity contribution in [1.29, 1.82) is 0 Å². The number of nitro benzene ring substituents is 1. The summed E-state index contributed by atoms with van der Waals surface area (Å²) in [6.45, 7) is 0. The lowest BCUT2D eigenvalue weighted by Crippen LogP contribution is -1.89. The van der Waals surface area contributed by atoms with E-state index in [-0.39, 0.29) is 5.69 Å². The van der Waals surface area contributed by atoms with Gasteiger partial charge in [0.2, 0.25) is 0 Å². The van der Waals surface area contributed by atoms with E-state index in [1.54, 1.807) is 50.8 Å². The molecule has 0 radical (unpaired) electrons. The molecule has 0 saturated heterocycles. The molecule has 0 atom stereocenters. The molecular weight excluding hydrogens is 272 g/mol. The topological polar surface area (TPSA) is 74.0 Å². The fourth-order valence-corrected chi connectivity index (χ4v) is 1.72. The Morgan fingerprint density at radius 2 is 1.81 bits per heavy atom. The third-order valence-corrected chi connectivity index (χ3v) is 2.84. The lowest BCUT2D eigenvalue weighted by atomic mass is 10.2. The van der Waals surface area contributed by atoms with E-state index in [0.717, 1.165) is 5.56 Å². The SMILES string of the molecule is COc1ccc(N=Cc2ccc([N+](=O)[O-])cc2)c(OC)c1.